The van der Waals surface area contributed by atoms with E-state index in [4.69, 9.17) is 4.74 Å². The normalized spacial score (nSPS) is 16.5. The summed E-state index contributed by atoms with van der Waals surface area (Å²) in [6.45, 7) is 6.96. The van der Waals surface area contributed by atoms with Gasteiger partial charge in [0.2, 0.25) is 5.91 Å². The third-order valence-electron chi connectivity index (χ3n) is 4.25. The summed E-state index contributed by atoms with van der Waals surface area (Å²) in [6, 6.07) is 7.52. The molecular formula is C20H31N3O3. The van der Waals surface area contributed by atoms with Crippen molar-refractivity contribution in [2.45, 2.75) is 77.5 Å². The average Bonchev–Trinajstić information content (AvgIpc) is 2.55. The molecule has 3 N–H and O–H groups in total. The largest absolute Gasteiger partial charge is 0.444 e. The number of nitrogens with one attached hydrogen (secondary N) is 3. The maximum absolute atomic E-state index is 12.2. The lowest BCUT2D eigenvalue weighted by Crippen LogP contribution is -2.43. The van der Waals surface area contributed by atoms with E-state index in [2.05, 4.69) is 16.0 Å². The predicted octanol–water partition coefficient (Wildman–Crippen LogP) is 4.28. The molecule has 0 saturated heterocycles. The van der Waals surface area contributed by atoms with Crippen molar-refractivity contribution in [3.63, 3.8) is 0 Å². The van der Waals surface area contributed by atoms with E-state index in [1.54, 1.807) is 27.7 Å². The molecule has 1 aromatic carbocycles. The van der Waals surface area contributed by atoms with E-state index in [0.29, 0.717) is 11.7 Å². The predicted molar refractivity (Wildman–Crippen MR) is 104 cm³/mol. The second-order valence-electron chi connectivity index (χ2n) is 7.91. The zero-order chi connectivity index (χ0) is 19.2. The number of carbonyl (C=O) groups is 2. The van der Waals surface area contributed by atoms with Gasteiger partial charge in [-0.05, 0) is 64.8 Å². The lowest BCUT2D eigenvalue weighted by Gasteiger charge is -2.24. The number of hydrogen-bond acceptors (Lipinski definition) is 4. The van der Waals surface area contributed by atoms with E-state index in [1.807, 2.05) is 24.3 Å². The van der Waals surface area contributed by atoms with Crippen LogP contribution in [0.2, 0.25) is 0 Å². The van der Waals surface area contributed by atoms with Crippen molar-refractivity contribution < 1.29 is 14.3 Å². The zero-order valence-electron chi connectivity index (χ0n) is 16.2. The second kappa shape index (κ2) is 8.92. The Kier molecular flexibility index (Phi) is 6.89. The first-order valence-corrected chi connectivity index (χ1v) is 9.40. The van der Waals surface area contributed by atoms with Crippen LogP contribution in [-0.2, 0) is 9.53 Å². The molecule has 1 aliphatic rings. The fourth-order valence-corrected chi connectivity index (χ4v) is 2.93. The van der Waals surface area contributed by atoms with E-state index >= 15 is 0 Å². The van der Waals surface area contributed by atoms with Gasteiger partial charge >= 0.3 is 6.09 Å². The van der Waals surface area contributed by atoms with Crippen molar-refractivity contribution in [1.29, 1.82) is 0 Å². The summed E-state index contributed by atoms with van der Waals surface area (Å²) >= 11 is 0. The summed E-state index contributed by atoms with van der Waals surface area (Å²) in [5.74, 6) is -0.288. The molecule has 0 aromatic heterocycles. The molecule has 6 heteroatoms. The van der Waals surface area contributed by atoms with Crippen molar-refractivity contribution in [3.8, 4) is 0 Å². The van der Waals surface area contributed by atoms with Crippen LogP contribution in [0.5, 0.6) is 0 Å². The minimum Gasteiger partial charge on any atom is -0.444 e. The molecule has 1 atom stereocenters. The van der Waals surface area contributed by atoms with E-state index in [9.17, 15) is 9.59 Å². The molecule has 0 radical (unpaired) electrons. The van der Waals surface area contributed by atoms with Crippen molar-refractivity contribution in [1.82, 2.24) is 5.32 Å². The Labute approximate surface area is 156 Å². The Bertz CT molecular complexity index is 602. The molecule has 26 heavy (non-hydrogen) atoms. The maximum Gasteiger partial charge on any atom is 0.408 e. The molecule has 1 fully saturated rings. The Morgan fingerprint density at radius 3 is 2.19 bits per heavy atom. The highest BCUT2D eigenvalue weighted by Crippen LogP contribution is 2.22. The van der Waals surface area contributed by atoms with Crippen LogP contribution < -0.4 is 16.0 Å². The van der Waals surface area contributed by atoms with Gasteiger partial charge in [-0.15, -0.1) is 0 Å². The highest BCUT2D eigenvalue weighted by molar-refractivity contribution is 5.96. The van der Waals surface area contributed by atoms with Gasteiger partial charge in [0.25, 0.3) is 0 Å². The summed E-state index contributed by atoms with van der Waals surface area (Å²) < 4.78 is 5.16. The molecule has 0 aliphatic heterocycles. The molecular weight excluding hydrogens is 330 g/mol. The Morgan fingerprint density at radius 2 is 1.62 bits per heavy atom. The third-order valence-corrected chi connectivity index (χ3v) is 4.25. The number of ether oxygens (including phenoxy) is 1. The number of rotatable bonds is 5. The number of carbonyl (C=O) groups excluding carboxylic acids is 2. The fraction of sp³-hybridized carbons (Fsp3) is 0.600. The number of amides is 2. The van der Waals surface area contributed by atoms with Crippen LogP contribution in [0.15, 0.2) is 24.3 Å². The van der Waals surface area contributed by atoms with Crippen molar-refractivity contribution in [2.75, 3.05) is 10.6 Å². The van der Waals surface area contributed by atoms with Gasteiger partial charge in [-0.1, -0.05) is 19.3 Å². The molecule has 0 spiro atoms. The van der Waals surface area contributed by atoms with Crippen LogP contribution in [0, 0.1) is 0 Å². The molecule has 144 valence electrons. The molecule has 0 heterocycles. The van der Waals surface area contributed by atoms with Crippen LogP contribution in [0.1, 0.15) is 59.8 Å². The summed E-state index contributed by atoms with van der Waals surface area (Å²) in [5, 5.41) is 8.89. The first-order valence-electron chi connectivity index (χ1n) is 9.40. The maximum atomic E-state index is 12.2. The molecule has 0 bridgehead atoms. The van der Waals surface area contributed by atoms with Crippen molar-refractivity contribution in [3.05, 3.63) is 24.3 Å². The Balaban J connectivity index is 1.81. The van der Waals surface area contributed by atoms with Crippen LogP contribution >= 0.6 is 0 Å². The molecule has 2 rings (SSSR count). The zero-order valence-corrected chi connectivity index (χ0v) is 16.2. The first-order chi connectivity index (χ1) is 12.2. The van der Waals surface area contributed by atoms with E-state index in [1.165, 1.54) is 32.1 Å². The smallest absolute Gasteiger partial charge is 0.408 e. The van der Waals surface area contributed by atoms with Crippen LogP contribution in [0.4, 0.5) is 16.2 Å². The molecule has 6 nitrogen and oxygen atoms in total. The van der Waals surface area contributed by atoms with Crippen LogP contribution in [0.3, 0.4) is 0 Å². The molecule has 1 aliphatic carbocycles. The molecule has 2 amide bonds. The highest BCUT2D eigenvalue weighted by atomic mass is 16.6. The van der Waals surface area contributed by atoms with Gasteiger partial charge < -0.3 is 20.7 Å². The van der Waals surface area contributed by atoms with Gasteiger partial charge in [-0.2, -0.15) is 0 Å². The first kappa shape index (κ1) is 20.1. The van der Waals surface area contributed by atoms with Gasteiger partial charge in [0.05, 0.1) is 0 Å². The molecule has 1 aromatic rings. The quantitative estimate of drug-likeness (QED) is 0.731. The SMILES string of the molecule is C[C@@H](NC(=O)OC(C)(C)C)C(=O)Nc1ccc(NC2CCCCC2)cc1. The van der Waals surface area contributed by atoms with E-state index in [-0.39, 0.29) is 5.91 Å². The lowest BCUT2D eigenvalue weighted by molar-refractivity contribution is -0.117. The van der Waals surface area contributed by atoms with E-state index < -0.39 is 17.7 Å². The minimum absolute atomic E-state index is 0.288. The summed E-state index contributed by atoms with van der Waals surface area (Å²) in [7, 11) is 0. The standard InChI is InChI=1S/C20H31N3O3/c1-14(21-19(25)26-20(2,3)4)18(24)23-17-12-10-16(11-13-17)22-15-8-6-5-7-9-15/h10-15,22H,5-9H2,1-4H3,(H,21,25)(H,23,24)/t14-/m1/s1. The lowest BCUT2D eigenvalue weighted by atomic mass is 9.95. The average molecular weight is 361 g/mol. The van der Waals surface area contributed by atoms with Crippen molar-refractivity contribution >= 4 is 23.4 Å². The van der Waals surface area contributed by atoms with Gasteiger partial charge in [0.1, 0.15) is 11.6 Å². The third kappa shape index (κ3) is 6.94. The van der Waals surface area contributed by atoms with Crippen molar-refractivity contribution in [2.24, 2.45) is 0 Å². The highest BCUT2D eigenvalue weighted by Gasteiger charge is 2.21. The monoisotopic (exact) mass is 361 g/mol. The van der Waals surface area contributed by atoms with Crippen LogP contribution in [0.25, 0.3) is 0 Å². The number of hydrogen-bond donors (Lipinski definition) is 3. The fourth-order valence-electron chi connectivity index (χ4n) is 2.93. The summed E-state index contributed by atoms with van der Waals surface area (Å²) in [4.78, 5) is 24.0. The van der Waals surface area contributed by atoms with Gasteiger partial charge in [0, 0.05) is 17.4 Å². The molecule has 0 unspecified atom stereocenters. The van der Waals surface area contributed by atoms with Gasteiger partial charge in [0.15, 0.2) is 0 Å². The second-order valence-corrected chi connectivity index (χ2v) is 7.91. The van der Waals surface area contributed by atoms with E-state index in [0.717, 1.165) is 5.69 Å². The van der Waals surface area contributed by atoms with Crippen LogP contribution in [-0.4, -0.2) is 29.7 Å². The number of anilines is 2. The summed E-state index contributed by atoms with van der Waals surface area (Å²) in [6.07, 6.45) is 5.73. The number of alkyl carbamates (subject to hydrolysis) is 1. The number of benzene rings is 1. The van der Waals surface area contributed by atoms with Gasteiger partial charge in [-0.3, -0.25) is 4.79 Å². The van der Waals surface area contributed by atoms with Gasteiger partial charge in [-0.25, -0.2) is 4.79 Å². The Morgan fingerprint density at radius 1 is 1.04 bits per heavy atom. The Hall–Kier alpha value is -2.24. The summed E-state index contributed by atoms with van der Waals surface area (Å²) in [5.41, 5.74) is 1.17. The molecule has 1 saturated carbocycles. The topological polar surface area (TPSA) is 79.5 Å². The minimum atomic E-state index is -0.690.